The van der Waals surface area contributed by atoms with Crippen LogP contribution in [0.4, 0.5) is 0 Å². The van der Waals surface area contributed by atoms with Crippen LogP contribution in [0.25, 0.3) is 10.8 Å². The number of nitrogens with zero attached hydrogens (tertiary/aromatic N) is 1. The van der Waals surface area contributed by atoms with Crippen molar-refractivity contribution in [3.63, 3.8) is 0 Å². The molecule has 2 nitrogen and oxygen atoms in total. The molecule has 0 fully saturated rings. The number of fused-ring (bicyclic) bond motifs is 1. The molecule has 0 aliphatic carbocycles. The van der Waals surface area contributed by atoms with E-state index in [1.807, 2.05) is 36.5 Å². The Morgan fingerprint density at radius 1 is 0.952 bits per heavy atom. The molecule has 0 amide bonds. The molecule has 0 spiro atoms. The standard InChI is InChI=1S/C19H19NO/c1-19(2,21)16-9-7-14(8-10-16)13-18-17-6-4-3-5-15(17)11-12-20-18/h3-12,21H,13H2,1-2H3. The van der Waals surface area contributed by atoms with Gasteiger partial charge in [0.25, 0.3) is 0 Å². The molecule has 1 aromatic heterocycles. The van der Waals surface area contributed by atoms with Gasteiger partial charge in [-0.2, -0.15) is 0 Å². The van der Waals surface area contributed by atoms with Crippen LogP contribution in [-0.4, -0.2) is 10.1 Å². The number of hydrogen-bond acceptors (Lipinski definition) is 2. The maximum atomic E-state index is 10.00. The summed E-state index contributed by atoms with van der Waals surface area (Å²) in [6.07, 6.45) is 2.66. The van der Waals surface area contributed by atoms with Crippen molar-refractivity contribution in [1.82, 2.24) is 4.98 Å². The van der Waals surface area contributed by atoms with Gasteiger partial charge in [-0.1, -0.05) is 48.5 Å². The smallest absolute Gasteiger partial charge is 0.0840 e. The minimum atomic E-state index is -0.795. The van der Waals surface area contributed by atoms with E-state index in [-0.39, 0.29) is 0 Å². The van der Waals surface area contributed by atoms with E-state index in [9.17, 15) is 5.11 Å². The Labute approximate surface area is 125 Å². The summed E-state index contributed by atoms with van der Waals surface area (Å²) in [7, 11) is 0. The molecule has 0 bridgehead atoms. The number of rotatable bonds is 3. The highest BCUT2D eigenvalue weighted by atomic mass is 16.3. The predicted octanol–water partition coefficient (Wildman–Crippen LogP) is 4.05. The van der Waals surface area contributed by atoms with Gasteiger partial charge < -0.3 is 5.11 Å². The lowest BCUT2D eigenvalue weighted by molar-refractivity contribution is 0.0786. The first-order chi connectivity index (χ1) is 10.0. The van der Waals surface area contributed by atoms with Crippen LogP contribution in [0.3, 0.4) is 0 Å². The van der Waals surface area contributed by atoms with E-state index in [1.54, 1.807) is 13.8 Å². The lowest BCUT2D eigenvalue weighted by Gasteiger charge is -2.17. The van der Waals surface area contributed by atoms with Gasteiger partial charge in [0, 0.05) is 18.0 Å². The van der Waals surface area contributed by atoms with Crippen LogP contribution in [0.2, 0.25) is 0 Å². The SMILES string of the molecule is CC(C)(O)c1ccc(Cc2nccc3ccccc23)cc1. The number of aromatic nitrogens is 1. The average molecular weight is 277 g/mol. The Bertz CT molecular complexity index is 749. The zero-order valence-electron chi connectivity index (χ0n) is 12.4. The molecule has 0 radical (unpaired) electrons. The highest BCUT2D eigenvalue weighted by Gasteiger charge is 2.15. The van der Waals surface area contributed by atoms with Crippen LogP contribution in [-0.2, 0) is 12.0 Å². The summed E-state index contributed by atoms with van der Waals surface area (Å²) < 4.78 is 0. The van der Waals surface area contributed by atoms with Gasteiger partial charge in [0.15, 0.2) is 0 Å². The molecular weight excluding hydrogens is 258 g/mol. The molecule has 0 unspecified atom stereocenters. The minimum Gasteiger partial charge on any atom is -0.386 e. The molecule has 1 N–H and O–H groups in total. The lowest BCUT2D eigenvalue weighted by atomic mass is 9.96. The molecular formula is C19H19NO. The van der Waals surface area contributed by atoms with Crippen molar-refractivity contribution in [1.29, 1.82) is 0 Å². The fourth-order valence-corrected chi connectivity index (χ4v) is 2.55. The molecule has 2 aromatic carbocycles. The Hall–Kier alpha value is -2.19. The van der Waals surface area contributed by atoms with E-state index in [2.05, 4.69) is 29.2 Å². The number of benzene rings is 2. The largest absolute Gasteiger partial charge is 0.386 e. The zero-order chi connectivity index (χ0) is 14.9. The van der Waals surface area contributed by atoms with E-state index in [4.69, 9.17) is 0 Å². The van der Waals surface area contributed by atoms with Gasteiger partial charge in [-0.3, -0.25) is 4.98 Å². The van der Waals surface area contributed by atoms with Crippen molar-refractivity contribution >= 4 is 10.8 Å². The van der Waals surface area contributed by atoms with Gasteiger partial charge in [0.05, 0.1) is 11.3 Å². The molecule has 106 valence electrons. The van der Waals surface area contributed by atoms with Crippen LogP contribution in [0, 0.1) is 0 Å². The molecule has 0 saturated heterocycles. The third-order valence-electron chi connectivity index (χ3n) is 3.79. The molecule has 0 saturated carbocycles. The highest BCUT2D eigenvalue weighted by molar-refractivity contribution is 5.84. The maximum absolute atomic E-state index is 10.00. The number of pyridine rings is 1. The normalized spacial score (nSPS) is 11.8. The first-order valence-electron chi connectivity index (χ1n) is 7.18. The third kappa shape index (κ3) is 2.96. The van der Waals surface area contributed by atoms with Crippen LogP contribution < -0.4 is 0 Å². The number of aliphatic hydroxyl groups is 1. The Morgan fingerprint density at radius 2 is 1.67 bits per heavy atom. The summed E-state index contributed by atoms with van der Waals surface area (Å²) >= 11 is 0. The Kier molecular flexibility index (Phi) is 3.48. The van der Waals surface area contributed by atoms with Crippen molar-refractivity contribution in [2.24, 2.45) is 0 Å². The van der Waals surface area contributed by atoms with Crippen molar-refractivity contribution < 1.29 is 5.11 Å². The summed E-state index contributed by atoms with van der Waals surface area (Å²) in [5.41, 5.74) is 2.42. The molecule has 3 aromatic rings. The second kappa shape index (κ2) is 5.30. The molecule has 2 heteroatoms. The summed E-state index contributed by atoms with van der Waals surface area (Å²) in [5.74, 6) is 0. The Morgan fingerprint density at radius 3 is 2.38 bits per heavy atom. The van der Waals surface area contributed by atoms with Gasteiger partial charge in [0.2, 0.25) is 0 Å². The van der Waals surface area contributed by atoms with Crippen LogP contribution >= 0.6 is 0 Å². The Balaban J connectivity index is 1.92. The first-order valence-corrected chi connectivity index (χ1v) is 7.18. The van der Waals surface area contributed by atoms with Gasteiger partial charge in [-0.15, -0.1) is 0 Å². The summed E-state index contributed by atoms with van der Waals surface area (Å²) in [5, 5.41) is 12.4. The van der Waals surface area contributed by atoms with Crippen molar-refractivity contribution in [2.45, 2.75) is 25.9 Å². The van der Waals surface area contributed by atoms with Crippen molar-refractivity contribution in [2.75, 3.05) is 0 Å². The number of hydrogen-bond donors (Lipinski definition) is 1. The molecule has 21 heavy (non-hydrogen) atoms. The summed E-state index contributed by atoms with van der Waals surface area (Å²) in [4.78, 5) is 4.52. The second-order valence-electron chi connectivity index (χ2n) is 5.91. The average Bonchev–Trinajstić information content (AvgIpc) is 2.47. The summed E-state index contributed by atoms with van der Waals surface area (Å²) in [6.45, 7) is 3.60. The van der Waals surface area contributed by atoms with Gasteiger partial charge in [-0.25, -0.2) is 0 Å². The van der Waals surface area contributed by atoms with Crippen molar-refractivity contribution in [3.8, 4) is 0 Å². The van der Waals surface area contributed by atoms with E-state index < -0.39 is 5.60 Å². The fraction of sp³-hybridized carbons (Fsp3) is 0.211. The predicted molar refractivity (Wildman–Crippen MR) is 86.2 cm³/mol. The molecule has 3 rings (SSSR count). The molecule has 1 heterocycles. The highest BCUT2D eigenvalue weighted by Crippen LogP contribution is 2.22. The van der Waals surface area contributed by atoms with E-state index in [0.29, 0.717) is 0 Å². The molecule has 0 atom stereocenters. The van der Waals surface area contributed by atoms with E-state index in [1.165, 1.54) is 16.3 Å². The van der Waals surface area contributed by atoms with E-state index in [0.717, 1.165) is 17.7 Å². The molecule has 0 aliphatic rings. The van der Waals surface area contributed by atoms with E-state index >= 15 is 0 Å². The van der Waals surface area contributed by atoms with Gasteiger partial charge in [-0.05, 0) is 36.4 Å². The molecule has 0 aliphatic heterocycles. The summed E-state index contributed by atoms with van der Waals surface area (Å²) in [6, 6.07) is 18.5. The first kappa shape index (κ1) is 13.8. The van der Waals surface area contributed by atoms with Crippen LogP contribution in [0.5, 0.6) is 0 Å². The van der Waals surface area contributed by atoms with Crippen LogP contribution in [0.15, 0.2) is 60.8 Å². The minimum absolute atomic E-state index is 0.795. The van der Waals surface area contributed by atoms with Gasteiger partial charge >= 0.3 is 0 Å². The van der Waals surface area contributed by atoms with Gasteiger partial charge in [0.1, 0.15) is 0 Å². The fourth-order valence-electron chi connectivity index (χ4n) is 2.55. The second-order valence-corrected chi connectivity index (χ2v) is 5.91. The maximum Gasteiger partial charge on any atom is 0.0840 e. The third-order valence-corrected chi connectivity index (χ3v) is 3.79. The lowest BCUT2D eigenvalue weighted by Crippen LogP contribution is -2.15. The quantitative estimate of drug-likeness (QED) is 0.783. The topological polar surface area (TPSA) is 33.1 Å². The van der Waals surface area contributed by atoms with Crippen LogP contribution in [0.1, 0.15) is 30.7 Å². The van der Waals surface area contributed by atoms with Crippen molar-refractivity contribution in [3.05, 3.63) is 77.6 Å². The zero-order valence-corrected chi connectivity index (χ0v) is 12.4. The monoisotopic (exact) mass is 277 g/mol.